The molecule has 4 heteroatoms. The first-order valence-electron chi connectivity index (χ1n) is 8.61. The molecule has 0 aromatic rings. The number of hydrogen-bond donors (Lipinski definition) is 2. The summed E-state index contributed by atoms with van der Waals surface area (Å²) >= 11 is 0. The van der Waals surface area contributed by atoms with Crippen LogP contribution in [0.3, 0.4) is 0 Å². The Morgan fingerprint density at radius 1 is 1.33 bits per heavy atom. The number of nitrogens with zero attached hydrogens (tertiary/aromatic N) is 1. The number of fused-ring (bicyclic) bond motifs is 1. The largest absolute Gasteiger partial charge is 0.396 e. The SMILES string of the molecule is CC1CC2CCCCC2N1C(=O)NCC(C)(C)CCCO. The minimum atomic E-state index is 0.0489. The molecule has 0 spiro atoms. The van der Waals surface area contributed by atoms with Gasteiger partial charge in [-0.05, 0) is 50.4 Å². The summed E-state index contributed by atoms with van der Waals surface area (Å²) in [4.78, 5) is 14.7. The molecule has 2 aliphatic rings. The van der Waals surface area contributed by atoms with E-state index >= 15 is 0 Å². The lowest BCUT2D eigenvalue weighted by molar-refractivity contribution is 0.150. The van der Waals surface area contributed by atoms with E-state index in [-0.39, 0.29) is 18.1 Å². The molecule has 0 aromatic carbocycles. The Kier molecular flexibility index (Phi) is 5.53. The van der Waals surface area contributed by atoms with Gasteiger partial charge < -0.3 is 15.3 Å². The molecule has 2 fully saturated rings. The topological polar surface area (TPSA) is 52.6 Å². The van der Waals surface area contributed by atoms with E-state index < -0.39 is 0 Å². The third kappa shape index (κ3) is 4.12. The number of aliphatic hydroxyl groups is 1. The summed E-state index contributed by atoms with van der Waals surface area (Å²) in [5.41, 5.74) is 0.0489. The fourth-order valence-corrected chi connectivity index (χ4v) is 4.11. The van der Waals surface area contributed by atoms with E-state index in [9.17, 15) is 4.79 Å². The van der Waals surface area contributed by atoms with Gasteiger partial charge in [0.15, 0.2) is 0 Å². The summed E-state index contributed by atoms with van der Waals surface area (Å²) in [5, 5.41) is 12.1. The minimum absolute atomic E-state index is 0.0489. The highest BCUT2D eigenvalue weighted by atomic mass is 16.3. The molecule has 1 saturated heterocycles. The molecule has 3 atom stereocenters. The van der Waals surface area contributed by atoms with Crippen molar-refractivity contribution in [2.75, 3.05) is 13.2 Å². The number of likely N-dealkylation sites (tertiary alicyclic amines) is 1. The summed E-state index contributed by atoms with van der Waals surface area (Å²) in [6.07, 6.45) is 7.97. The van der Waals surface area contributed by atoms with Crippen molar-refractivity contribution in [2.24, 2.45) is 11.3 Å². The van der Waals surface area contributed by atoms with Crippen LogP contribution in [-0.4, -0.2) is 41.3 Å². The number of urea groups is 1. The minimum Gasteiger partial charge on any atom is -0.396 e. The number of amides is 2. The van der Waals surface area contributed by atoms with Gasteiger partial charge in [-0.3, -0.25) is 0 Å². The number of carbonyl (C=O) groups is 1. The normalized spacial score (nSPS) is 29.3. The third-order valence-corrected chi connectivity index (χ3v) is 5.31. The second kappa shape index (κ2) is 6.99. The van der Waals surface area contributed by atoms with Gasteiger partial charge in [0.1, 0.15) is 0 Å². The van der Waals surface area contributed by atoms with Crippen LogP contribution < -0.4 is 5.32 Å². The van der Waals surface area contributed by atoms with E-state index in [1.54, 1.807) is 0 Å². The molecule has 2 amide bonds. The van der Waals surface area contributed by atoms with Gasteiger partial charge in [0, 0.05) is 25.2 Å². The standard InChI is InChI=1S/C17H32N2O2/c1-13-11-14-7-4-5-8-15(14)19(13)16(21)18-12-17(2,3)9-6-10-20/h13-15,20H,4-12H2,1-3H3,(H,18,21). The highest BCUT2D eigenvalue weighted by Gasteiger charge is 2.42. The predicted octanol–water partition coefficient (Wildman–Crippen LogP) is 3.15. The highest BCUT2D eigenvalue weighted by Crippen LogP contribution is 2.39. The van der Waals surface area contributed by atoms with E-state index in [1.807, 2.05) is 0 Å². The zero-order chi connectivity index (χ0) is 15.5. The molecule has 3 unspecified atom stereocenters. The molecule has 21 heavy (non-hydrogen) atoms. The number of aliphatic hydroxyl groups excluding tert-OH is 1. The van der Waals surface area contributed by atoms with Crippen LogP contribution >= 0.6 is 0 Å². The van der Waals surface area contributed by atoms with Crippen LogP contribution in [0.1, 0.15) is 65.7 Å². The molecule has 122 valence electrons. The van der Waals surface area contributed by atoms with Crippen LogP contribution in [0.2, 0.25) is 0 Å². The van der Waals surface area contributed by atoms with Crippen LogP contribution in [0.25, 0.3) is 0 Å². The van der Waals surface area contributed by atoms with Crippen molar-refractivity contribution in [1.29, 1.82) is 0 Å². The van der Waals surface area contributed by atoms with Crippen molar-refractivity contribution in [1.82, 2.24) is 10.2 Å². The molecule has 1 heterocycles. The smallest absolute Gasteiger partial charge is 0.317 e. The molecule has 4 nitrogen and oxygen atoms in total. The van der Waals surface area contributed by atoms with Gasteiger partial charge >= 0.3 is 6.03 Å². The van der Waals surface area contributed by atoms with E-state index in [4.69, 9.17) is 5.11 Å². The fourth-order valence-electron chi connectivity index (χ4n) is 4.11. The van der Waals surface area contributed by atoms with Crippen LogP contribution in [0.4, 0.5) is 4.79 Å². The fraction of sp³-hybridized carbons (Fsp3) is 0.941. The lowest BCUT2D eigenvalue weighted by atomic mass is 9.85. The molecule has 2 N–H and O–H groups in total. The Morgan fingerprint density at radius 2 is 2.05 bits per heavy atom. The van der Waals surface area contributed by atoms with Gasteiger partial charge in [-0.25, -0.2) is 4.79 Å². The van der Waals surface area contributed by atoms with E-state index in [1.165, 1.54) is 32.1 Å². The summed E-state index contributed by atoms with van der Waals surface area (Å²) in [6, 6.07) is 0.960. The summed E-state index contributed by atoms with van der Waals surface area (Å²) in [7, 11) is 0. The van der Waals surface area contributed by atoms with Gasteiger partial charge in [0.25, 0.3) is 0 Å². The Hall–Kier alpha value is -0.770. The lowest BCUT2D eigenvalue weighted by Crippen LogP contribution is -2.49. The molecule has 0 radical (unpaired) electrons. The molecular weight excluding hydrogens is 264 g/mol. The van der Waals surface area contributed by atoms with Gasteiger partial charge in [-0.2, -0.15) is 0 Å². The average Bonchev–Trinajstić information content (AvgIpc) is 2.78. The summed E-state index contributed by atoms with van der Waals surface area (Å²) < 4.78 is 0. The van der Waals surface area contributed by atoms with Crippen molar-refractivity contribution < 1.29 is 9.90 Å². The van der Waals surface area contributed by atoms with Crippen molar-refractivity contribution in [2.45, 2.75) is 77.8 Å². The van der Waals surface area contributed by atoms with Crippen LogP contribution in [0.5, 0.6) is 0 Å². The Labute approximate surface area is 129 Å². The van der Waals surface area contributed by atoms with Gasteiger partial charge in [-0.15, -0.1) is 0 Å². The lowest BCUT2D eigenvalue weighted by Gasteiger charge is -2.34. The van der Waals surface area contributed by atoms with Gasteiger partial charge in [0.05, 0.1) is 0 Å². The van der Waals surface area contributed by atoms with Crippen molar-refractivity contribution >= 4 is 6.03 Å². The first-order chi connectivity index (χ1) is 9.94. The average molecular weight is 296 g/mol. The van der Waals surface area contributed by atoms with E-state index in [0.29, 0.717) is 18.6 Å². The van der Waals surface area contributed by atoms with Crippen LogP contribution in [0, 0.1) is 11.3 Å². The molecule has 1 aliphatic carbocycles. The highest BCUT2D eigenvalue weighted by molar-refractivity contribution is 5.75. The monoisotopic (exact) mass is 296 g/mol. The second-order valence-corrected chi connectivity index (χ2v) is 7.75. The Bertz CT molecular complexity index is 357. The van der Waals surface area contributed by atoms with E-state index in [0.717, 1.165) is 18.8 Å². The van der Waals surface area contributed by atoms with Crippen molar-refractivity contribution in [3.8, 4) is 0 Å². The van der Waals surface area contributed by atoms with Crippen molar-refractivity contribution in [3.05, 3.63) is 0 Å². The van der Waals surface area contributed by atoms with Gasteiger partial charge in [-0.1, -0.05) is 26.7 Å². The number of hydrogen-bond acceptors (Lipinski definition) is 2. The summed E-state index contributed by atoms with van der Waals surface area (Å²) in [6.45, 7) is 7.41. The summed E-state index contributed by atoms with van der Waals surface area (Å²) in [5.74, 6) is 0.724. The zero-order valence-corrected chi connectivity index (χ0v) is 13.9. The second-order valence-electron chi connectivity index (χ2n) is 7.75. The molecule has 0 bridgehead atoms. The quantitative estimate of drug-likeness (QED) is 0.819. The zero-order valence-electron chi connectivity index (χ0n) is 13.9. The molecule has 1 aliphatic heterocycles. The molecule has 0 aromatic heterocycles. The maximum absolute atomic E-state index is 12.6. The first-order valence-corrected chi connectivity index (χ1v) is 8.61. The Morgan fingerprint density at radius 3 is 2.76 bits per heavy atom. The predicted molar refractivity (Wildman–Crippen MR) is 85.2 cm³/mol. The molecule has 1 saturated carbocycles. The Balaban J connectivity index is 1.87. The van der Waals surface area contributed by atoms with Crippen LogP contribution in [0.15, 0.2) is 0 Å². The van der Waals surface area contributed by atoms with Crippen molar-refractivity contribution in [3.63, 3.8) is 0 Å². The maximum Gasteiger partial charge on any atom is 0.317 e. The number of carbonyl (C=O) groups excluding carboxylic acids is 1. The first kappa shape index (κ1) is 16.6. The molecular formula is C17H32N2O2. The van der Waals surface area contributed by atoms with E-state index in [2.05, 4.69) is 31.0 Å². The molecule has 2 rings (SSSR count). The number of nitrogens with one attached hydrogen (secondary N) is 1. The third-order valence-electron chi connectivity index (χ3n) is 5.31. The van der Waals surface area contributed by atoms with Gasteiger partial charge in [0.2, 0.25) is 0 Å². The van der Waals surface area contributed by atoms with Crippen LogP contribution in [-0.2, 0) is 0 Å². The maximum atomic E-state index is 12.6. The number of rotatable bonds is 5.